The summed E-state index contributed by atoms with van der Waals surface area (Å²) >= 11 is 0. The highest BCUT2D eigenvalue weighted by Crippen LogP contribution is 2.21. The number of esters is 1. The lowest BCUT2D eigenvalue weighted by molar-refractivity contribution is -0.151. The Kier molecular flexibility index (Phi) is 7.69. The summed E-state index contributed by atoms with van der Waals surface area (Å²) in [7, 11) is 0. The minimum absolute atomic E-state index is 0.365. The molecule has 10 nitrogen and oxygen atoms in total. The van der Waals surface area contributed by atoms with E-state index in [1.54, 1.807) is 12.1 Å². The first-order valence-corrected chi connectivity index (χ1v) is 10.5. The van der Waals surface area contributed by atoms with Crippen LogP contribution in [-0.4, -0.2) is 67.4 Å². The fourth-order valence-corrected chi connectivity index (χ4v) is 3.64. The second kappa shape index (κ2) is 10.6. The maximum Gasteiger partial charge on any atom is 0.309 e. The van der Waals surface area contributed by atoms with Gasteiger partial charge in [-0.1, -0.05) is 0 Å². The molecular weight excluding hydrogens is 402 g/mol. The monoisotopic (exact) mass is 431 g/mol. The van der Waals surface area contributed by atoms with Crippen molar-refractivity contribution >= 4 is 29.5 Å². The lowest BCUT2D eigenvalue weighted by Crippen LogP contribution is -2.50. The molecule has 1 unspecified atom stereocenters. The highest BCUT2D eigenvalue weighted by atomic mass is 16.6. The quantitative estimate of drug-likeness (QED) is 0.366. The van der Waals surface area contributed by atoms with E-state index in [0.717, 1.165) is 64.0 Å². The summed E-state index contributed by atoms with van der Waals surface area (Å²) in [5.41, 5.74) is 1.38. The average molecular weight is 431 g/mol. The van der Waals surface area contributed by atoms with Crippen molar-refractivity contribution < 1.29 is 24.2 Å². The van der Waals surface area contributed by atoms with Crippen molar-refractivity contribution in [2.45, 2.75) is 44.9 Å². The molecule has 1 atom stereocenters. The topological polar surface area (TPSA) is 132 Å². The molecule has 1 fully saturated rings. The molecule has 31 heavy (non-hydrogen) atoms. The number of nitrogens with one attached hydrogen (secondary N) is 3. The van der Waals surface area contributed by atoms with Gasteiger partial charge in [-0.3, -0.25) is 19.4 Å². The predicted octanol–water partition coefficient (Wildman–Crippen LogP) is 0.688. The molecular formula is C21H29N5O5. The fraction of sp³-hybridized carbons (Fsp3) is 0.524. The Morgan fingerprint density at radius 2 is 1.97 bits per heavy atom. The van der Waals surface area contributed by atoms with Gasteiger partial charge in [-0.05, 0) is 43.5 Å². The molecule has 10 heteroatoms. The summed E-state index contributed by atoms with van der Waals surface area (Å²) in [5.74, 6) is -1.44. The van der Waals surface area contributed by atoms with E-state index in [2.05, 4.69) is 25.8 Å². The number of amides is 1. The zero-order valence-electron chi connectivity index (χ0n) is 17.6. The van der Waals surface area contributed by atoms with E-state index in [0.29, 0.717) is 11.6 Å². The third-order valence-corrected chi connectivity index (χ3v) is 5.19. The molecule has 0 aliphatic carbocycles. The Labute approximate surface area is 181 Å². The van der Waals surface area contributed by atoms with Gasteiger partial charge in [0, 0.05) is 50.4 Å². The molecule has 1 saturated heterocycles. The maximum absolute atomic E-state index is 12.4. The van der Waals surface area contributed by atoms with E-state index in [4.69, 9.17) is 9.84 Å². The normalized spacial score (nSPS) is 17.7. The SMILES string of the molecule is CC(=O)OC(CC(=O)O)NC(=O)c1ccc(N2CCC(NC3=NCCCN3)CC2)cc1. The molecule has 0 bridgehead atoms. The standard InChI is InChI=1S/C21H29N5O5/c1-14(27)31-18(13-19(28)29)25-20(30)15-3-5-17(6-4-15)26-11-7-16(8-12-26)24-21-22-9-2-10-23-21/h3-6,16,18H,2,7-13H2,1H3,(H,25,30)(H,28,29)(H2,22,23,24). The summed E-state index contributed by atoms with van der Waals surface area (Å²) < 4.78 is 4.86. The summed E-state index contributed by atoms with van der Waals surface area (Å²) in [6.07, 6.45) is 1.33. The molecule has 2 aliphatic rings. The first-order chi connectivity index (χ1) is 14.9. The van der Waals surface area contributed by atoms with Crippen LogP contribution in [0.5, 0.6) is 0 Å². The molecule has 2 heterocycles. The van der Waals surface area contributed by atoms with E-state index < -0.39 is 30.5 Å². The van der Waals surface area contributed by atoms with Crippen molar-refractivity contribution in [3.05, 3.63) is 29.8 Å². The highest BCUT2D eigenvalue weighted by Gasteiger charge is 2.22. The van der Waals surface area contributed by atoms with Crippen LogP contribution in [0.1, 0.15) is 43.0 Å². The third-order valence-electron chi connectivity index (χ3n) is 5.19. The summed E-state index contributed by atoms with van der Waals surface area (Å²) in [5, 5.41) is 18.1. The van der Waals surface area contributed by atoms with Gasteiger partial charge in [0.15, 0.2) is 12.2 Å². The number of anilines is 1. The zero-order valence-corrected chi connectivity index (χ0v) is 17.6. The number of guanidine groups is 1. The number of ether oxygens (including phenoxy) is 1. The Morgan fingerprint density at radius 3 is 2.55 bits per heavy atom. The molecule has 1 aromatic rings. The molecule has 3 rings (SSSR count). The Hall–Kier alpha value is -3.30. The van der Waals surface area contributed by atoms with Crippen LogP contribution in [0.25, 0.3) is 0 Å². The summed E-state index contributed by atoms with van der Waals surface area (Å²) in [4.78, 5) is 41.2. The van der Waals surface area contributed by atoms with Crippen LogP contribution in [0.4, 0.5) is 5.69 Å². The highest BCUT2D eigenvalue weighted by molar-refractivity contribution is 5.95. The van der Waals surface area contributed by atoms with Crippen LogP contribution in [0, 0.1) is 0 Å². The Morgan fingerprint density at radius 1 is 1.26 bits per heavy atom. The van der Waals surface area contributed by atoms with Gasteiger partial charge in [0.25, 0.3) is 5.91 Å². The van der Waals surface area contributed by atoms with Crippen LogP contribution >= 0.6 is 0 Å². The second-order valence-electron chi connectivity index (χ2n) is 7.63. The molecule has 1 amide bonds. The van der Waals surface area contributed by atoms with E-state index in [9.17, 15) is 14.4 Å². The second-order valence-corrected chi connectivity index (χ2v) is 7.63. The van der Waals surface area contributed by atoms with Crippen molar-refractivity contribution in [1.29, 1.82) is 0 Å². The molecule has 0 radical (unpaired) electrons. The molecule has 0 aromatic heterocycles. The smallest absolute Gasteiger partial charge is 0.309 e. The number of carboxylic acid groups (broad SMARTS) is 1. The summed E-state index contributed by atoms with van der Waals surface area (Å²) in [6.45, 7) is 4.77. The number of carbonyl (C=O) groups is 3. The van der Waals surface area contributed by atoms with E-state index in [-0.39, 0.29) is 0 Å². The van der Waals surface area contributed by atoms with Crippen molar-refractivity contribution in [3.8, 4) is 0 Å². The number of rotatable bonds is 7. The summed E-state index contributed by atoms with van der Waals surface area (Å²) in [6, 6.07) is 7.49. The molecule has 2 aliphatic heterocycles. The number of carboxylic acids is 1. The van der Waals surface area contributed by atoms with Crippen LogP contribution in [0.3, 0.4) is 0 Å². The number of aliphatic carboxylic acids is 1. The van der Waals surface area contributed by atoms with Gasteiger partial charge in [-0.2, -0.15) is 0 Å². The van der Waals surface area contributed by atoms with Gasteiger partial charge < -0.3 is 30.7 Å². The number of carbonyl (C=O) groups excluding carboxylic acids is 2. The maximum atomic E-state index is 12.4. The lowest BCUT2D eigenvalue weighted by atomic mass is 10.0. The Balaban J connectivity index is 1.51. The molecule has 4 N–H and O–H groups in total. The zero-order chi connectivity index (χ0) is 22.2. The van der Waals surface area contributed by atoms with E-state index >= 15 is 0 Å². The van der Waals surface area contributed by atoms with Crippen LogP contribution in [0.2, 0.25) is 0 Å². The molecule has 1 aromatic carbocycles. The van der Waals surface area contributed by atoms with Gasteiger partial charge >= 0.3 is 11.9 Å². The van der Waals surface area contributed by atoms with Crippen molar-refractivity contribution in [3.63, 3.8) is 0 Å². The third kappa shape index (κ3) is 6.87. The number of hydrogen-bond donors (Lipinski definition) is 4. The van der Waals surface area contributed by atoms with E-state index in [1.165, 1.54) is 0 Å². The van der Waals surface area contributed by atoms with Crippen molar-refractivity contribution in [2.75, 3.05) is 31.1 Å². The predicted molar refractivity (Wildman–Crippen MR) is 115 cm³/mol. The average Bonchev–Trinajstić information content (AvgIpc) is 2.74. The lowest BCUT2D eigenvalue weighted by Gasteiger charge is -2.35. The van der Waals surface area contributed by atoms with Gasteiger partial charge in [-0.25, -0.2) is 0 Å². The fourth-order valence-electron chi connectivity index (χ4n) is 3.64. The molecule has 0 spiro atoms. The minimum Gasteiger partial charge on any atom is -0.481 e. The first kappa shape index (κ1) is 22.4. The largest absolute Gasteiger partial charge is 0.481 e. The number of nitrogens with zero attached hydrogens (tertiary/aromatic N) is 2. The van der Waals surface area contributed by atoms with Gasteiger partial charge in [-0.15, -0.1) is 0 Å². The molecule has 0 saturated carbocycles. The minimum atomic E-state index is -1.21. The number of aliphatic imine (C=N–C) groups is 1. The van der Waals surface area contributed by atoms with Gasteiger partial charge in [0.05, 0.1) is 0 Å². The van der Waals surface area contributed by atoms with Gasteiger partial charge in [0.1, 0.15) is 6.42 Å². The Bertz CT molecular complexity index is 802. The van der Waals surface area contributed by atoms with Crippen LogP contribution in [0.15, 0.2) is 29.3 Å². The van der Waals surface area contributed by atoms with Gasteiger partial charge in [0.2, 0.25) is 0 Å². The first-order valence-electron chi connectivity index (χ1n) is 10.5. The van der Waals surface area contributed by atoms with Crippen molar-refractivity contribution in [2.24, 2.45) is 4.99 Å². The number of benzene rings is 1. The number of hydrogen-bond acceptors (Lipinski definition) is 8. The van der Waals surface area contributed by atoms with Crippen LogP contribution in [-0.2, 0) is 14.3 Å². The molecule has 168 valence electrons. The van der Waals surface area contributed by atoms with Crippen LogP contribution < -0.4 is 20.9 Å². The van der Waals surface area contributed by atoms with E-state index in [1.807, 2.05) is 12.1 Å². The van der Waals surface area contributed by atoms with Crippen molar-refractivity contribution in [1.82, 2.24) is 16.0 Å². The number of piperidine rings is 1.